The molecule has 6 heteroatoms. The molecule has 0 radical (unpaired) electrons. The van der Waals surface area contributed by atoms with Gasteiger partial charge in [-0.05, 0) is 12.8 Å². The Morgan fingerprint density at radius 1 is 1.38 bits per heavy atom. The van der Waals surface area contributed by atoms with Gasteiger partial charge < -0.3 is 10.0 Å². The van der Waals surface area contributed by atoms with Crippen LogP contribution in [-0.4, -0.2) is 52.1 Å². The van der Waals surface area contributed by atoms with Crippen molar-refractivity contribution < 1.29 is 14.7 Å². The third-order valence-corrected chi connectivity index (χ3v) is 4.20. The molecule has 2 aliphatic rings. The Labute approximate surface area is 98.6 Å². The van der Waals surface area contributed by atoms with E-state index in [1.807, 2.05) is 4.90 Å². The van der Waals surface area contributed by atoms with Gasteiger partial charge in [-0.25, -0.2) is 0 Å². The maximum atomic E-state index is 11.8. The molecule has 2 N–H and O–H groups in total. The summed E-state index contributed by atoms with van der Waals surface area (Å²) in [5.41, 5.74) is 0. The van der Waals surface area contributed by atoms with E-state index >= 15 is 0 Å². The number of carbonyl (C=O) groups excluding carboxylic acids is 1. The fraction of sp³-hybridized carbons (Fsp3) is 0.800. The minimum absolute atomic E-state index is 0.0331. The van der Waals surface area contributed by atoms with E-state index in [4.69, 9.17) is 5.11 Å². The van der Waals surface area contributed by atoms with Crippen molar-refractivity contribution in [1.29, 1.82) is 0 Å². The SMILES string of the molecule is O=C(O)[C@@H]1CSC(CC(=O)N2CCCC2)N1. The quantitative estimate of drug-likeness (QED) is 0.737. The number of aliphatic carboxylic acids is 1. The van der Waals surface area contributed by atoms with Crippen LogP contribution in [0.15, 0.2) is 0 Å². The van der Waals surface area contributed by atoms with Crippen LogP contribution in [0.1, 0.15) is 19.3 Å². The smallest absolute Gasteiger partial charge is 0.321 e. The molecule has 1 amide bonds. The summed E-state index contributed by atoms with van der Waals surface area (Å²) in [6.45, 7) is 1.72. The van der Waals surface area contributed by atoms with Crippen LogP contribution in [0.2, 0.25) is 0 Å². The Kier molecular flexibility index (Phi) is 3.70. The van der Waals surface area contributed by atoms with Gasteiger partial charge in [0.25, 0.3) is 0 Å². The largest absolute Gasteiger partial charge is 0.480 e. The number of thioether (sulfide) groups is 1. The first-order chi connectivity index (χ1) is 7.66. The van der Waals surface area contributed by atoms with Crippen molar-refractivity contribution in [3.05, 3.63) is 0 Å². The lowest BCUT2D eigenvalue weighted by Gasteiger charge is -2.17. The van der Waals surface area contributed by atoms with Gasteiger partial charge in [-0.2, -0.15) is 0 Å². The molecule has 0 aliphatic carbocycles. The molecule has 0 spiro atoms. The van der Waals surface area contributed by atoms with E-state index in [1.54, 1.807) is 0 Å². The van der Waals surface area contributed by atoms with E-state index in [0.29, 0.717) is 12.2 Å². The van der Waals surface area contributed by atoms with Gasteiger partial charge in [0, 0.05) is 18.8 Å². The van der Waals surface area contributed by atoms with E-state index in [2.05, 4.69) is 5.32 Å². The van der Waals surface area contributed by atoms with Gasteiger partial charge in [0.1, 0.15) is 6.04 Å². The lowest BCUT2D eigenvalue weighted by molar-refractivity contribution is -0.139. The Morgan fingerprint density at radius 3 is 2.62 bits per heavy atom. The zero-order chi connectivity index (χ0) is 11.5. The number of carboxylic acid groups (broad SMARTS) is 1. The molecule has 2 aliphatic heterocycles. The lowest BCUT2D eigenvalue weighted by atomic mass is 10.3. The zero-order valence-corrected chi connectivity index (χ0v) is 9.83. The number of nitrogens with one attached hydrogen (secondary N) is 1. The van der Waals surface area contributed by atoms with E-state index in [-0.39, 0.29) is 11.3 Å². The molecule has 0 aromatic heterocycles. The number of likely N-dealkylation sites (tertiary alicyclic amines) is 1. The molecule has 2 saturated heterocycles. The average Bonchev–Trinajstić information content (AvgIpc) is 2.87. The molecule has 0 saturated carbocycles. The standard InChI is InChI=1S/C10H16N2O3S/c13-9(12-3-1-2-4-12)5-8-11-7(6-16-8)10(14)15/h7-8,11H,1-6H2,(H,14,15)/t7-,8?/m0/s1. The van der Waals surface area contributed by atoms with Gasteiger partial charge in [-0.1, -0.05) is 0 Å². The molecule has 90 valence electrons. The normalized spacial score (nSPS) is 29.6. The topological polar surface area (TPSA) is 69.6 Å². The molecule has 0 aromatic rings. The van der Waals surface area contributed by atoms with Gasteiger partial charge in [-0.15, -0.1) is 11.8 Å². The van der Waals surface area contributed by atoms with Crippen molar-refractivity contribution in [3.63, 3.8) is 0 Å². The molecule has 2 rings (SSSR count). The third kappa shape index (κ3) is 2.68. The highest BCUT2D eigenvalue weighted by Gasteiger charge is 2.31. The molecule has 2 fully saturated rings. The highest BCUT2D eigenvalue weighted by Crippen LogP contribution is 2.23. The van der Waals surface area contributed by atoms with Crippen LogP contribution in [0, 0.1) is 0 Å². The number of carbonyl (C=O) groups is 2. The monoisotopic (exact) mass is 244 g/mol. The van der Waals surface area contributed by atoms with Crippen LogP contribution in [0.5, 0.6) is 0 Å². The molecule has 2 heterocycles. The van der Waals surface area contributed by atoms with Crippen molar-refractivity contribution in [1.82, 2.24) is 10.2 Å². The predicted octanol–water partition coefficient (Wildman–Crippen LogP) is 0.115. The fourth-order valence-corrected chi connectivity index (χ4v) is 3.23. The van der Waals surface area contributed by atoms with E-state index in [9.17, 15) is 9.59 Å². The Hall–Kier alpha value is -0.750. The zero-order valence-electron chi connectivity index (χ0n) is 9.02. The summed E-state index contributed by atoms with van der Waals surface area (Å²) < 4.78 is 0. The van der Waals surface area contributed by atoms with Crippen LogP contribution >= 0.6 is 11.8 Å². The molecular formula is C10H16N2O3S. The first-order valence-electron chi connectivity index (χ1n) is 5.55. The molecule has 16 heavy (non-hydrogen) atoms. The van der Waals surface area contributed by atoms with Crippen LogP contribution in [-0.2, 0) is 9.59 Å². The first kappa shape index (κ1) is 11.7. The Balaban J connectivity index is 1.78. The summed E-state index contributed by atoms with van der Waals surface area (Å²) in [6.07, 6.45) is 2.60. The summed E-state index contributed by atoms with van der Waals surface area (Å²) >= 11 is 1.53. The van der Waals surface area contributed by atoms with Crippen LogP contribution < -0.4 is 5.32 Å². The molecule has 1 unspecified atom stereocenters. The molecule has 0 bridgehead atoms. The maximum Gasteiger partial charge on any atom is 0.321 e. The second kappa shape index (κ2) is 5.05. The number of hydrogen-bond donors (Lipinski definition) is 2. The highest BCUT2D eigenvalue weighted by atomic mass is 32.2. The number of rotatable bonds is 3. The second-order valence-corrected chi connectivity index (χ2v) is 5.41. The Morgan fingerprint density at radius 2 is 2.06 bits per heavy atom. The first-order valence-corrected chi connectivity index (χ1v) is 6.60. The van der Waals surface area contributed by atoms with Crippen LogP contribution in [0.25, 0.3) is 0 Å². The molecule has 0 aromatic carbocycles. The van der Waals surface area contributed by atoms with Crippen molar-refractivity contribution in [2.75, 3.05) is 18.8 Å². The van der Waals surface area contributed by atoms with Gasteiger partial charge in [0.05, 0.1) is 11.8 Å². The summed E-state index contributed by atoms with van der Waals surface area (Å²) in [5.74, 6) is -0.134. The van der Waals surface area contributed by atoms with E-state index in [1.165, 1.54) is 11.8 Å². The van der Waals surface area contributed by atoms with Crippen molar-refractivity contribution in [2.45, 2.75) is 30.7 Å². The average molecular weight is 244 g/mol. The minimum Gasteiger partial charge on any atom is -0.480 e. The highest BCUT2D eigenvalue weighted by molar-refractivity contribution is 8.00. The second-order valence-electron chi connectivity index (χ2n) is 4.17. The third-order valence-electron chi connectivity index (χ3n) is 2.97. The van der Waals surface area contributed by atoms with Crippen LogP contribution in [0.3, 0.4) is 0 Å². The van der Waals surface area contributed by atoms with Gasteiger partial charge in [0.15, 0.2) is 0 Å². The van der Waals surface area contributed by atoms with Crippen molar-refractivity contribution in [2.24, 2.45) is 0 Å². The predicted molar refractivity (Wildman–Crippen MR) is 61.2 cm³/mol. The summed E-state index contributed by atoms with van der Waals surface area (Å²) in [4.78, 5) is 24.4. The minimum atomic E-state index is -0.830. The number of hydrogen-bond acceptors (Lipinski definition) is 4. The van der Waals surface area contributed by atoms with Crippen molar-refractivity contribution in [3.8, 4) is 0 Å². The van der Waals surface area contributed by atoms with E-state index in [0.717, 1.165) is 25.9 Å². The molecule has 5 nitrogen and oxygen atoms in total. The van der Waals surface area contributed by atoms with Gasteiger partial charge in [-0.3, -0.25) is 14.9 Å². The lowest BCUT2D eigenvalue weighted by Crippen LogP contribution is -2.39. The molecular weight excluding hydrogens is 228 g/mol. The van der Waals surface area contributed by atoms with E-state index < -0.39 is 12.0 Å². The molecule has 2 atom stereocenters. The number of nitrogens with zero attached hydrogens (tertiary/aromatic N) is 1. The summed E-state index contributed by atoms with van der Waals surface area (Å²) in [5, 5.41) is 11.7. The number of carboxylic acids is 1. The van der Waals surface area contributed by atoms with Gasteiger partial charge >= 0.3 is 5.97 Å². The number of amides is 1. The fourth-order valence-electron chi connectivity index (χ4n) is 2.05. The summed E-state index contributed by atoms with van der Waals surface area (Å²) in [6, 6.07) is -0.499. The van der Waals surface area contributed by atoms with Crippen molar-refractivity contribution >= 4 is 23.6 Å². The Bertz CT molecular complexity index is 292. The summed E-state index contributed by atoms with van der Waals surface area (Å²) in [7, 11) is 0. The van der Waals surface area contributed by atoms with Crippen LogP contribution in [0.4, 0.5) is 0 Å². The maximum absolute atomic E-state index is 11.8. The van der Waals surface area contributed by atoms with Gasteiger partial charge in [0.2, 0.25) is 5.91 Å².